The highest BCUT2D eigenvalue weighted by molar-refractivity contribution is 5.78. The van der Waals surface area contributed by atoms with Crippen molar-refractivity contribution in [1.82, 2.24) is 0 Å². The van der Waals surface area contributed by atoms with Crippen LogP contribution in [0.15, 0.2) is 12.1 Å². The Morgan fingerprint density at radius 3 is 2.64 bits per heavy atom. The summed E-state index contributed by atoms with van der Waals surface area (Å²) >= 11 is 0. The Labute approximate surface area is 82.7 Å². The van der Waals surface area contributed by atoms with Crippen molar-refractivity contribution in [2.24, 2.45) is 0 Å². The lowest BCUT2D eigenvalue weighted by atomic mass is 10.1. The van der Waals surface area contributed by atoms with Gasteiger partial charge in [-0.2, -0.15) is 0 Å². The summed E-state index contributed by atoms with van der Waals surface area (Å²) in [5.74, 6) is -0.899. The molecule has 1 aromatic rings. The smallest absolute Gasteiger partial charge is 0.322 e. The van der Waals surface area contributed by atoms with Gasteiger partial charge in [0.05, 0.1) is 11.4 Å². The van der Waals surface area contributed by atoms with Crippen LogP contribution in [0.1, 0.15) is 11.1 Å². The Morgan fingerprint density at radius 2 is 2.14 bits per heavy atom. The summed E-state index contributed by atoms with van der Waals surface area (Å²) in [5, 5.41) is 11.3. The van der Waals surface area contributed by atoms with Crippen molar-refractivity contribution in [3.63, 3.8) is 0 Å². The van der Waals surface area contributed by atoms with Crippen LogP contribution in [-0.2, 0) is 4.79 Å². The van der Waals surface area contributed by atoms with E-state index < -0.39 is 5.97 Å². The van der Waals surface area contributed by atoms with E-state index in [0.717, 1.165) is 11.1 Å². The second-order valence-electron chi connectivity index (χ2n) is 3.29. The van der Waals surface area contributed by atoms with E-state index in [1.807, 2.05) is 26.0 Å². The average molecular weight is 194 g/mol. The molecule has 14 heavy (non-hydrogen) atoms. The van der Waals surface area contributed by atoms with Gasteiger partial charge < -0.3 is 16.2 Å². The van der Waals surface area contributed by atoms with E-state index in [1.54, 1.807) is 0 Å². The zero-order chi connectivity index (χ0) is 10.7. The molecule has 4 nitrogen and oxygen atoms in total. The number of nitrogens with one attached hydrogen (secondary N) is 1. The maximum Gasteiger partial charge on any atom is 0.322 e. The molecule has 0 saturated heterocycles. The predicted molar refractivity (Wildman–Crippen MR) is 56.5 cm³/mol. The molecule has 0 radical (unpaired) electrons. The third kappa shape index (κ3) is 2.39. The van der Waals surface area contributed by atoms with Crippen LogP contribution < -0.4 is 11.1 Å². The summed E-state index contributed by atoms with van der Waals surface area (Å²) in [4.78, 5) is 10.4. The minimum atomic E-state index is -0.899. The van der Waals surface area contributed by atoms with Crippen molar-refractivity contribution in [3.05, 3.63) is 23.3 Å². The topological polar surface area (TPSA) is 75.3 Å². The molecule has 0 spiro atoms. The maximum absolute atomic E-state index is 10.4. The molecule has 0 aliphatic rings. The number of hydrogen-bond donors (Lipinski definition) is 3. The first-order valence-corrected chi connectivity index (χ1v) is 4.33. The molecule has 0 aliphatic carbocycles. The number of nitrogens with two attached hydrogens (primary N) is 1. The monoisotopic (exact) mass is 194 g/mol. The molecule has 0 bridgehead atoms. The molecule has 0 amide bonds. The quantitative estimate of drug-likeness (QED) is 0.635. The van der Waals surface area contributed by atoms with E-state index in [4.69, 9.17) is 10.8 Å². The summed E-state index contributed by atoms with van der Waals surface area (Å²) in [6, 6.07) is 3.78. The number of aliphatic carboxylic acids is 1. The minimum absolute atomic E-state index is 0.117. The lowest BCUT2D eigenvalue weighted by Gasteiger charge is -2.11. The average Bonchev–Trinajstić information content (AvgIpc) is 2.01. The normalized spacial score (nSPS) is 9.86. The second-order valence-corrected chi connectivity index (χ2v) is 3.29. The maximum atomic E-state index is 10.4. The number of rotatable bonds is 3. The van der Waals surface area contributed by atoms with Crippen LogP contribution in [0.4, 0.5) is 11.4 Å². The number of carbonyl (C=O) groups is 1. The molecule has 1 rings (SSSR count). The SMILES string of the molecule is Cc1cc(C)c(NCC(=O)O)c(N)c1. The minimum Gasteiger partial charge on any atom is -0.480 e. The number of benzene rings is 1. The molecule has 76 valence electrons. The fraction of sp³-hybridized carbons (Fsp3) is 0.300. The molecular formula is C10H14N2O2. The molecule has 1 aromatic carbocycles. The van der Waals surface area contributed by atoms with Crippen LogP contribution in [0.25, 0.3) is 0 Å². The lowest BCUT2D eigenvalue weighted by molar-refractivity contribution is -0.134. The summed E-state index contributed by atoms with van der Waals surface area (Å²) in [5.41, 5.74) is 9.08. The first-order chi connectivity index (χ1) is 6.50. The fourth-order valence-corrected chi connectivity index (χ4v) is 1.41. The highest BCUT2D eigenvalue weighted by Gasteiger charge is 2.05. The summed E-state index contributed by atoms with van der Waals surface area (Å²) in [6.07, 6.45) is 0. The molecule has 4 N–H and O–H groups in total. The van der Waals surface area contributed by atoms with Crippen molar-refractivity contribution in [3.8, 4) is 0 Å². The third-order valence-corrected chi connectivity index (χ3v) is 1.93. The number of carboxylic acids is 1. The zero-order valence-electron chi connectivity index (χ0n) is 8.29. The van der Waals surface area contributed by atoms with Gasteiger partial charge in [-0.3, -0.25) is 4.79 Å². The number of nitrogen functional groups attached to an aromatic ring is 1. The van der Waals surface area contributed by atoms with Crippen molar-refractivity contribution in [2.75, 3.05) is 17.6 Å². The first kappa shape index (κ1) is 10.4. The van der Waals surface area contributed by atoms with E-state index in [-0.39, 0.29) is 6.54 Å². The Kier molecular flexibility index (Phi) is 2.96. The van der Waals surface area contributed by atoms with E-state index >= 15 is 0 Å². The molecule has 0 unspecified atom stereocenters. The number of aryl methyl sites for hydroxylation is 2. The van der Waals surface area contributed by atoms with Gasteiger partial charge in [0, 0.05) is 0 Å². The molecule has 0 fully saturated rings. The molecule has 0 heterocycles. The van der Waals surface area contributed by atoms with Crippen molar-refractivity contribution in [2.45, 2.75) is 13.8 Å². The van der Waals surface area contributed by atoms with E-state index in [2.05, 4.69) is 5.32 Å². The summed E-state index contributed by atoms with van der Waals surface area (Å²) in [7, 11) is 0. The highest BCUT2D eigenvalue weighted by Crippen LogP contribution is 2.24. The van der Waals surface area contributed by atoms with Crippen molar-refractivity contribution < 1.29 is 9.90 Å². The van der Waals surface area contributed by atoms with E-state index in [0.29, 0.717) is 11.4 Å². The molecule has 0 saturated carbocycles. The van der Waals surface area contributed by atoms with Crippen LogP contribution >= 0.6 is 0 Å². The summed E-state index contributed by atoms with van der Waals surface area (Å²) < 4.78 is 0. The summed E-state index contributed by atoms with van der Waals surface area (Å²) in [6.45, 7) is 3.73. The van der Waals surface area contributed by atoms with E-state index in [1.165, 1.54) is 0 Å². The first-order valence-electron chi connectivity index (χ1n) is 4.33. The van der Waals surface area contributed by atoms with Gasteiger partial charge in [0.15, 0.2) is 0 Å². The molecular weight excluding hydrogens is 180 g/mol. The highest BCUT2D eigenvalue weighted by atomic mass is 16.4. The Morgan fingerprint density at radius 1 is 1.50 bits per heavy atom. The van der Waals surface area contributed by atoms with Crippen LogP contribution in [0.3, 0.4) is 0 Å². The Bertz CT molecular complexity index is 338. The largest absolute Gasteiger partial charge is 0.480 e. The van der Waals surface area contributed by atoms with Gasteiger partial charge >= 0.3 is 5.97 Å². The van der Waals surface area contributed by atoms with Crippen LogP contribution in [0, 0.1) is 13.8 Å². The fourth-order valence-electron chi connectivity index (χ4n) is 1.41. The van der Waals surface area contributed by atoms with Crippen LogP contribution in [-0.4, -0.2) is 17.6 Å². The number of anilines is 2. The van der Waals surface area contributed by atoms with Gasteiger partial charge in [0.1, 0.15) is 6.54 Å². The standard InChI is InChI=1S/C10H14N2O2/c1-6-3-7(2)10(8(11)4-6)12-5-9(13)14/h3-4,12H,5,11H2,1-2H3,(H,13,14). The van der Waals surface area contributed by atoms with Gasteiger partial charge in [-0.15, -0.1) is 0 Å². The van der Waals surface area contributed by atoms with Crippen molar-refractivity contribution in [1.29, 1.82) is 0 Å². The predicted octanol–water partition coefficient (Wildman–Crippen LogP) is 1.38. The molecule has 0 aliphatic heterocycles. The van der Waals surface area contributed by atoms with E-state index in [9.17, 15) is 4.79 Å². The number of hydrogen-bond acceptors (Lipinski definition) is 3. The van der Waals surface area contributed by atoms with Gasteiger partial charge in [-0.1, -0.05) is 6.07 Å². The van der Waals surface area contributed by atoms with Gasteiger partial charge in [0.2, 0.25) is 0 Å². The van der Waals surface area contributed by atoms with Gasteiger partial charge in [0.25, 0.3) is 0 Å². The van der Waals surface area contributed by atoms with Gasteiger partial charge in [-0.05, 0) is 31.0 Å². The Hall–Kier alpha value is -1.71. The van der Waals surface area contributed by atoms with Crippen molar-refractivity contribution >= 4 is 17.3 Å². The van der Waals surface area contributed by atoms with Crippen LogP contribution in [0.5, 0.6) is 0 Å². The van der Waals surface area contributed by atoms with Crippen LogP contribution in [0.2, 0.25) is 0 Å². The molecule has 0 aromatic heterocycles. The Balaban J connectivity index is 2.91. The third-order valence-electron chi connectivity index (χ3n) is 1.93. The van der Waals surface area contributed by atoms with Gasteiger partial charge in [-0.25, -0.2) is 0 Å². The lowest BCUT2D eigenvalue weighted by Crippen LogP contribution is -2.14. The number of carboxylic acid groups (broad SMARTS) is 1. The zero-order valence-corrected chi connectivity index (χ0v) is 8.29. The second kappa shape index (κ2) is 4.00. The molecule has 4 heteroatoms. The molecule has 0 atom stereocenters.